The molecule has 0 fully saturated rings. The highest BCUT2D eigenvalue weighted by molar-refractivity contribution is 5.88. The van der Waals surface area contributed by atoms with Gasteiger partial charge in [-0.15, -0.1) is 0 Å². The van der Waals surface area contributed by atoms with Gasteiger partial charge in [0.15, 0.2) is 0 Å². The molecular formula is C25H20O6. The summed E-state index contributed by atoms with van der Waals surface area (Å²) in [7, 11) is 0. The average molecular weight is 416 g/mol. The molecule has 0 bridgehead atoms. The predicted octanol–water partition coefficient (Wildman–Crippen LogP) is 5.64. The first kappa shape index (κ1) is 20.2. The number of furan rings is 2. The molecule has 0 amide bonds. The fourth-order valence-electron chi connectivity index (χ4n) is 3.15. The molecule has 0 spiro atoms. The zero-order valence-corrected chi connectivity index (χ0v) is 17.0. The molecule has 4 rings (SSSR count). The number of carbonyl (C=O) groups excluding carboxylic acids is 2. The summed E-state index contributed by atoms with van der Waals surface area (Å²) < 4.78 is 20.7. The van der Waals surface area contributed by atoms with Crippen molar-refractivity contribution in [3.8, 4) is 11.5 Å². The number of hydrogen-bond donors (Lipinski definition) is 0. The van der Waals surface area contributed by atoms with E-state index < -0.39 is 11.9 Å². The molecule has 0 aliphatic rings. The fourth-order valence-corrected chi connectivity index (χ4v) is 3.15. The minimum absolute atomic E-state index is 0.150. The summed E-state index contributed by atoms with van der Waals surface area (Å²) in [5.74, 6) is 0.0742. The first-order chi connectivity index (χ1) is 14.9. The van der Waals surface area contributed by atoms with Gasteiger partial charge in [-0.1, -0.05) is 38.1 Å². The van der Waals surface area contributed by atoms with E-state index in [-0.39, 0.29) is 16.9 Å². The van der Waals surface area contributed by atoms with Gasteiger partial charge in [0.1, 0.15) is 11.5 Å². The highest BCUT2D eigenvalue weighted by Crippen LogP contribution is 2.33. The summed E-state index contributed by atoms with van der Waals surface area (Å²) in [5.41, 5.74) is 1.74. The summed E-state index contributed by atoms with van der Waals surface area (Å²) >= 11 is 0. The Morgan fingerprint density at radius 2 is 1.03 bits per heavy atom. The van der Waals surface area contributed by atoms with Gasteiger partial charge in [-0.05, 0) is 59.7 Å². The van der Waals surface area contributed by atoms with E-state index in [4.69, 9.17) is 18.3 Å². The van der Waals surface area contributed by atoms with E-state index in [2.05, 4.69) is 13.8 Å². The Bertz CT molecular complexity index is 1060. The second kappa shape index (κ2) is 8.36. The van der Waals surface area contributed by atoms with Gasteiger partial charge >= 0.3 is 11.9 Å². The van der Waals surface area contributed by atoms with E-state index in [9.17, 15) is 9.59 Å². The fraction of sp³-hybridized carbons (Fsp3) is 0.120. The lowest BCUT2D eigenvalue weighted by atomic mass is 9.78. The molecule has 6 nitrogen and oxygen atoms in total. The minimum Gasteiger partial charge on any atom is -0.457 e. The molecule has 2 aromatic heterocycles. The zero-order valence-electron chi connectivity index (χ0n) is 17.0. The molecule has 0 N–H and O–H groups in total. The van der Waals surface area contributed by atoms with Crippen LogP contribution < -0.4 is 9.47 Å². The molecule has 0 aliphatic heterocycles. The zero-order chi connectivity index (χ0) is 21.8. The van der Waals surface area contributed by atoms with Crippen molar-refractivity contribution < 1.29 is 27.9 Å². The maximum atomic E-state index is 12.0. The van der Waals surface area contributed by atoms with Crippen LogP contribution in [0.5, 0.6) is 11.5 Å². The molecule has 156 valence electrons. The quantitative estimate of drug-likeness (QED) is 0.299. The van der Waals surface area contributed by atoms with Gasteiger partial charge < -0.3 is 18.3 Å². The van der Waals surface area contributed by atoms with Crippen LogP contribution >= 0.6 is 0 Å². The van der Waals surface area contributed by atoms with Gasteiger partial charge in [0.05, 0.1) is 12.5 Å². The molecule has 0 aliphatic carbocycles. The van der Waals surface area contributed by atoms with Crippen LogP contribution in [0.3, 0.4) is 0 Å². The number of esters is 2. The first-order valence-corrected chi connectivity index (χ1v) is 9.66. The predicted molar refractivity (Wildman–Crippen MR) is 112 cm³/mol. The van der Waals surface area contributed by atoms with Crippen LogP contribution in [-0.4, -0.2) is 11.9 Å². The van der Waals surface area contributed by atoms with Crippen molar-refractivity contribution in [1.82, 2.24) is 0 Å². The van der Waals surface area contributed by atoms with Crippen LogP contribution in [0.15, 0.2) is 94.2 Å². The van der Waals surface area contributed by atoms with E-state index >= 15 is 0 Å². The Hall–Kier alpha value is -4.06. The topological polar surface area (TPSA) is 78.9 Å². The standard InChI is InChI=1S/C25H20O6/c1-25(2,17-7-11-19(12-8-17)30-23(26)21-5-3-15-28-21)18-9-13-20(14-10-18)31-24(27)22-6-4-16-29-22/h3-16H,1-2H3. The second-order valence-corrected chi connectivity index (χ2v) is 7.41. The van der Waals surface area contributed by atoms with Gasteiger partial charge in [0.25, 0.3) is 0 Å². The molecule has 6 heteroatoms. The summed E-state index contributed by atoms with van der Waals surface area (Å²) in [6.45, 7) is 4.17. The van der Waals surface area contributed by atoms with Crippen LogP contribution in [0.1, 0.15) is 46.1 Å². The SMILES string of the molecule is CC(C)(c1ccc(OC(=O)c2ccco2)cc1)c1ccc(OC(=O)c2ccco2)cc1. The molecule has 2 heterocycles. The monoisotopic (exact) mass is 416 g/mol. The summed E-state index contributed by atoms with van der Waals surface area (Å²) in [6.07, 6.45) is 2.84. The van der Waals surface area contributed by atoms with Crippen molar-refractivity contribution in [3.05, 3.63) is 108 Å². The maximum Gasteiger partial charge on any atom is 0.379 e. The lowest BCUT2D eigenvalue weighted by molar-refractivity contribution is 0.0692. The molecule has 0 radical (unpaired) electrons. The summed E-state index contributed by atoms with van der Waals surface area (Å²) in [6, 6.07) is 21.0. The third kappa shape index (κ3) is 4.43. The minimum atomic E-state index is -0.545. The van der Waals surface area contributed by atoms with E-state index in [0.29, 0.717) is 11.5 Å². The van der Waals surface area contributed by atoms with Crippen molar-refractivity contribution in [2.75, 3.05) is 0 Å². The van der Waals surface area contributed by atoms with Crippen molar-refractivity contribution in [1.29, 1.82) is 0 Å². The van der Waals surface area contributed by atoms with Crippen LogP contribution in [-0.2, 0) is 5.41 Å². The first-order valence-electron chi connectivity index (χ1n) is 9.66. The van der Waals surface area contributed by atoms with Gasteiger partial charge in [0.2, 0.25) is 11.5 Å². The summed E-state index contributed by atoms with van der Waals surface area (Å²) in [4.78, 5) is 24.0. The van der Waals surface area contributed by atoms with Crippen molar-refractivity contribution in [2.45, 2.75) is 19.3 Å². The normalized spacial score (nSPS) is 11.2. The third-order valence-corrected chi connectivity index (χ3v) is 5.02. The van der Waals surface area contributed by atoms with Crippen LogP contribution in [0.2, 0.25) is 0 Å². The van der Waals surface area contributed by atoms with Gasteiger partial charge in [-0.2, -0.15) is 0 Å². The smallest absolute Gasteiger partial charge is 0.379 e. The van der Waals surface area contributed by atoms with Gasteiger partial charge in [-0.25, -0.2) is 9.59 Å². The molecule has 4 aromatic rings. The molecule has 0 saturated carbocycles. The van der Waals surface area contributed by atoms with E-state index in [1.807, 2.05) is 24.3 Å². The van der Waals surface area contributed by atoms with Crippen molar-refractivity contribution in [2.24, 2.45) is 0 Å². The summed E-state index contributed by atoms with van der Waals surface area (Å²) in [5, 5.41) is 0. The Kier molecular flexibility index (Phi) is 5.45. The van der Waals surface area contributed by atoms with Crippen LogP contribution in [0.4, 0.5) is 0 Å². The Balaban J connectivity index is 1.45. The Labute approximate surface area is 179 Å². The Morgan fingerprint density at radius 1 is 0.645 bits per heavy atom. The second-order valence-electron chi connectivity index (χ2n) is 7.41. The largest absolute Gasteiger partial charge is 0.457 e. The van der Waals surface area contributed by atoms with Crippen LogP contribution in [0.25, 0.3) is 0 Å². The number of hydrogen-bond acceptors (Lipinski definition) is 6. The molecular weight excluding hydrogens is 396 g/mol. The number of ether oxygens (including phenoxy) is 2. The lowest BCUT2D eigenvalue weighted by Gasteiger charge is -2.26. The highest BCUT2D eigenvalue weighted by Gasteiger charge is 2.24. The van der Waals surface area contributed by atoms with Crippen molar-refractivity contribution >= 4 is 11.9 Å². The van der Waals surface area contributed by atoms with Gasteiger partial charge in [0, 0.05) is 5.41 Å². The molecule has 31 heavy (non-hydrogen) atoms. The maximum absolute atomic E-state index is 12.0. The molecule has 0 saturated heterocycles. The molecule has 0 atom stereocenters. The average Bonchev–Trinajstić information content (AvgIpc) is 3.49. The Morgan fingerprint density at radius 3 is 1.35 bits per heavy atom. The highest BCUT2D eigenvalue weighted by atomic mass is 16.6. The number of carbonyl (C=O) groups is 2. The number of rotatable bonds is 6. The van der Waals surface area contributed by atoms with Crippen LogP contribution in [0, 0.1) is 0 Å². The molecule has 0 unspecified atom stereocenters. The van der Waals surface area contributed by atoms with E-state index in [1.165, 1.54) is 12.5 Å². The van der Waals surface area contributed by atoms with E-state index in [1.54, 1.807) is 48.5 Å². The van der Waals surface area contributed by atoms with Crippen molar-refractivity contribution in [3.63, 3.8) is 0 Å². The number of benzene rings is 2. The van der Waals surface area contributed by atoms with E-state index in [0.717, 1.165) is 11.1 Å². The van der Waals surface area contributed by atoms with Gasteiger partial charge in [-0.3, -0.25) is 0 Å². The third-order valence-electron chi connectivity index (χ3n) is 5.02. The lowest BCUT2D eigenvalue weighted by Crippen LogP contribution is -2.19. The molecule has 2 aromatic carbocycles.